The molecule has 0 aromatic heterocycles. The third kappa shape index (κ3) is 5.21. The van der Waals surface area contributed by atoms with Gasteiger partial charge in [0.1, 0.15) is 0 Å². The summed E-state index contributed by atoms with van der Waals surface area (Å²) in [5.41, 5.74) is 7.10. The number of benzene rings is 1. The molecule has 0 saturated heterocycles. The normalized spacial score (nSPS) is 23.3. The first-order valence-electron chi connectivity index (χ1n) is 8.30. The van der Waals surface area contributed by atoms with Crippen LogP contribution in [0.25, 0.3) is 0 Å². The van der Waals surface area contributed by atoms with Crippen molar-refractivity contribution in [2.75, 3.05) is 5.32 Å². The molecule has 2 rings (SSSR count). The van der Waals surface area contributed by atoms with Gasteiger partial charge in [-0.1, -0.05) is 12.8 Å². The standard InChI is InChI=1S/C18H27N3O2.ClH/c1-12(2)20-16(22)13-7-9-14(10-8-13)21-17(23)15-6-4-5-11-18(15,3)19;/h7-10,12,15H,4-6,11,19H2,1-3H3,(H,20,22)(H,21,23);1H. The van der Waals surface area contributed by atoms with Crippen molar-refractivity contribution in [3.05, 3.63) is 29.8 Å². The van der Waals surface area contributed by atoms with Crippen LogP contribution in [-0.2, 0) is 4.79 Å². The Morgan fingerprint density at radius 2 is 1.83 bits per heavy atom. The van der Waals surface area contributed by atoms with Crippen LogP contribution >= 0.6 is 12.4 Å². The summed E-state index contributed by atoms with van der Waals surface area (Å²) < 4.78 is 0. The van der Waals surface area contributed by atoms with E-state index in [1.807, 2.05) is 20.8 Å². The smallest absolute Gasteiger partial charge is 0.251 e. The fourth-order valence-electron chi connectivity index (χ4n) is 3.07. The van der Waals surface area contributed by atoms with Crippen LogP contribution in [0.4, 0.5) is 5.69 Å². The van der Waals surface area contributed by atoms with Crippen molar-refractivity contribution in [3.8, 4) is 0 Å². The number of hydrogen-bond donors (Lipinski definition) is 3. The average Bonchev–Trinajstić information content (AvgIpc) is 2.46. The van der Waals surface area contributed by atoms with Crippen molar-refractivity contribution in [1.82, 2.24) is 5.32 Å². The highest BCUT2D eigenvalue weighted by atomic mass is 35.5. The molecule has 2 atom stereocenters. The summed E-state index contributed by atoms with van der Waals surface area (Å²) in [5, 5.41) is 5.76. The van der Waals surface area contributed by atoms with E-state index in [0.717, 1.165) is 25.7 Å². The number of halogens is 1. The second kappa shape index (κ2) is 8.49. The summed E-state index contributed by atoms with van der Waals surface area (Å²) >= 11 is 0. The summed E-state index contributed by atoms with van der Waals surface area (Å²) in [7, 11) is 0. The minimum atomic E-state index is -0.445. The molecule has 0 aliphatic heterocycles. The van der Waals surface area contributed by atoms with Crippen LogP contribution in [0, 0.1) is 5.92 Å². The SMILES string of the molecule is CC(C)NC(=O)c1ccc(NC(=O)C2CCCCC2(C)N)cc1.Cl. The molecule has 1 fully saturated rings. The second-order valence-electron chi connectivity index (χ2n) is 7.00. The molecule has 0 spiro atoms. The first-order chi connectivity index (χ1) is 10.8. The Balaban J connectivity index is 0.00000288. The topological polar surface area (TPSA) is 84.2 Å². The lowest BCUT2D eigenvalue weighted by Gasteiger charge is -2.37. The Labute approximate surface area is 150 Å². The van der Waals surface area contributed by atoms with E-state index in [9.17, 15) is 9.59 Å². The Hall–Kier alpha value is -1.59. The van der Waals surface area contributed by atoms with Crippen molar-refractivity contribution in [1.29, 1.82) is 0 Å². The van der Waals surface area contributed by atoms with Crippen molar-refractivity contribution in [2.45, 2.75) is 58.0 Å². The van der Waals surface area contributed by atoms with Gasteiger partial charge in [0.2, 0.25) is 5.91 Å². The number of rotatable bonds is 4. The zero-order valence-electron chi connectivity index (χ0n) is 14.6. The molecule has 134 valence electrons. The van der Waals surface area contributed by atoms with E-state index < -0.39 is 5.54 Å². The van der Waals surface area contributed by atoms with Crippen molar-refractivity contribution in [2.24, 2.45) is 11.7 Å². The summed E-state index contributed by atoms with van der Waals surface area (Å²) in [5.74, 6) is -0.311. The predicted octanol–water partition coefficient (Wildman–Crippen LogP) is 3.09. The number of carbonyl (C=O) groups excluding carboxylic acids is 2. The van der Waals surface area contributed by atoms with Gasteiger partial charge >= 0.3 is 0 Å². The summed E-state index contributed by atoms with van der Waals surface area (Å²) in [4.78, 5) is 24.4. The average molecular weight is 354 g/mol. The number of amides is 2. The van der Waals surface area contributed by atoms with Crippen molar-refractivity contribution < 1.29 is 9.59 Å². The van der Waals surface area contributed by atoms with E-state index >= 15 is 0 Å². The second-order valence-corrected chi connectivity index (χ2v) is 7.00. The fourth-order valence-corrected chi connectivity index (χ4v) is 3.07. The van der Waals surface area contributed by atoms with Crippen molar-refractivity contribution >= 4 is 29.9 Å². The van der Waals surface area contributed by atoms with Gasteiger partial charge < -0.3 is 16.4 Å². The molecule has 1 aromatic rings. The molecule has 2 unspecified atom stereocenters. The Kier molecular flexibility index (Phi) is 7.24. The Morgan fingerprint density at radius 1 is 1.21 bits per heavy atom. The Morgan fingerprint density at radius 3 is 2.38 bits per heavy atom. The molecule has 5 nitrogen and oxygen atoms in total. The zero-order chi connectivity index (χ0) is 17.0. The lowest BCUT2D eigenvalue weighted by molar-refractivity contribution is -0.122. The molecule has 24 heavy (non-hydrogen) atoms. The van der Waals surface area contributed by atoms with Crippen LogP contribution in [-0.4, -0.2) is 23.4 Å². The molecule has 0 bridgehead atoms. The van der Waals surface area contributed by atoms with Gasteiger partial charge in [-0.05, 0) is 57.9 Å². The maximum atomic E-state index is 12.5. The van der Waals surface area contributed by atoms with Crippen LogP contribution in [0.3, 0.4) is 0 Å². The summed E-state index contributed by atoms with van der Waals surface area (Å²) in [6.45, 7) is 5.79. The fraction of sp³-hybridized carbons (Fsp3) is 0.556. The van der Waals surface area contributed by atoms with E-state index in [4.69, 9.17) is 5.73 Å². The van der Waals surface area contributed by atoms with Gasteiger partial charge in [-0.15, -0.1) is 12.4 Å². The summed E-state index contributed by atoms with van der Waals surface area (Å²) in [6, 6.07) is 7.04. The number of hydrogen-bond acceptors (Lipinski definition) is 3. The van der Waals surface area contributed by atoms with Gasteiger partial charge in [0.25, 0.3) is 5.91 Å². The first-order valence-corrected chi connectivity index (χ1v) is 8.30. The van der Waals surface area contributed by atoms with Gasteiger partial charge in [-0.2, -0.15) is 0 Å². The molecule has 0 radical (unpaired) electrons. The van der Waals surface area contributed by atoms with E-state index in [0.29, 0.717) is 11.3 Å². The lowest BCUT2D eigenvalue weighted by Crippen LogP contribution is -2.51. The number of nitrogens with two attached hydrogens (primary N) is 1. The van der Waals surface area contributed by atoms with Gasteiger partial charge in [-0.25, -0.2) is 0 Å². The van der Waals surface area contributed by atoms with E-state index in [1.54, 1.807) is 24.3 Å². The molecule has 1 aliphatic carbocycles. The molecule has 1 aromatic carbocycles. The molecule has 2 amide bonds. The Bertz CT molecular complexity index is 570. The highest BCUT2D eigenvalue weighted by Crippen LogP contribution is 2.32. The maximum Gasteiger partial charge on any atom is 0.251 e. The molecule has 6 heteroatoms. The first kappa shape index (κ1) is 20.5. The molecule has 1 aliphatic rings. The maximum absolute atomic E-state index is 12.5. The highest BCUT2D eigenvalue weighted by Gasteiger charge is 2.37. The molecule has 4 N–H and O–H groups in total. The van der Waals surface area contributed by atoms with Gasteiger partial charge in [-0.3, -0.25) is 9.59 Å². The van der Waals surface area contributed by atoms with Gasteiger partial charge in [0, 0.05) is 22.8 Å². The third-order valence-electron chi connectivity index (χ3n) is 4.41. The van der Waals surface area contributed by atoms with E-state index in [2.05, 4.69) is 10.6 Å². The van der Waals surface area contributed by atoms with Crippen molar-refractivity contribution in [3.63, 3.8) is 0 Å². The highest BCUT2D eigenvalue weighted by molar-refractivity contribution is 5.96. The molecule has 0 heterocycles. The number of carbonyl (C=O) groups is 2. The van der Waals surface area contributed by atoms with E-state index in [1.165, 1.54) is 0 Å². The number of nitrogens with one attached hydrogen (secondary N) is 2. The summed E-state index contributed by atoms with van der Waals surface area (Å²) in [6.07, 6.45) is 3.82. The lowest BCUT2D eigenvalue weighted by atomic mass is 9.74. The number of anilines is 1. The van der Waals surface area contributed by atoms with Crippen LogP contribution in [0.2, 0.25) is 0 Å². The largest absolute Gasteiger partial charge is 0.350 e. The van der Waals surface area contributed by atoms with Crippen LogP contribution in [0.15, 0.2) is 24.3 Å². The minimum Gasteiger partial charge on any atom is -0.350 e. The quantitative estimate of drug-likeness (QED) is 0.777. The monoisotopic (exact) mass is 353 g/mol. The third-order valence-corrected chi connectivity index (χ3v) is 4.41. The van der Waals surface area contributed by atoms with Crippen LogP contribution in [0.1, 0.15) is 56.8 Å². The molecule has 1 saturated carbocycles. The predicted molar refractivity (Wildman–Crippen MR) is 99.5 cm³/mol. The van der Waals surface area contributed by atoms with Crippen LogP contribution < -0.4 is 16.4 Å². The van der Waals surface area contributed by atoms with Gasteiger partial charge in [0.05, 0.1) is 5.92 Å². The molecular weight excluding hydrogens is 326 g/mol. The zero-order valence-corrected chi connectivity index (χ0v) is 15.4. The van der Waals surface area contributed by atoms with Gasteiger partial charge in [0.15, 0.2) is 0 Å². The van der Waals surface area contributed by atoms with Crippen LogP contribution in [0.5, 0.6) is 0 Å². The van der Waals surface area contributed by atoms with E-state index in [-0.39, 0.29) is 36.2 Å². The minimum absolute atomic E-state index is 0. The molecular formula is C18H28ClN3O2.